The number of hydrogen-bond donors (Lipinski definition) is 4. The number of fused-ring (bicyclic) bond motifs is 1. The van der Waals surface area contributed by atoms with Crippen molar-refractivity contribution in [3.8, 4) is 0 Å². The molecule has 1 aromatic heterocycles. The lowest BCUT2D eigenvalue weighted by Crippen LogP contribution is -2.61. The number of aliphatic carboxylic acids is 1. The van der Waals surface area contributed by atoms with Crippen LogP contribution in [0.1, 0.15) is 51.5 Å². The van der Waals surface area contributed by atoms with Gasteiger partial charge in [-0.05, 0) is 24.5 Å². The minimum Gasteiger partial charge on any atom is -0.480 e. The second-order valence-corrected chi connectivity index (χ2v) is 7.19. The number of carboxylic acid groups (broad SMARTS) is 1. The van der Waals surface area contributed by atoms with Crippen LogP contribution in [0, 0.1) is 0 Å². The maximum atomic E-state index is 12.9. The number of para-hydroxylation sites is 1. The Bertz CT molecular complexity index is 845. The fourth-order valence-electron chi connectivity index (χ4n) is 3.36. The zero-order valence-electron chi connectivity index (χ0n) is 16.5. The summed E-state index contributed by atoms with van der Waals surface area (Å²) < 4.78 is 0. The number of rotatable bonds is 11. The number of nitrogens with two attached hydrogens (primary N) is 1. The summed E-state index contributed by atoms with van der Waals surface area (Å²) >= 11 is 0. The van der Waals surface area contributed by atoms with Crippen LogP contribution < -0.4 is 11.1 Å². The molecule has 0 saturated carbocycles. The first-order valence-corrected chi connectivity index (χ1v) is 9.74. The molecule has 0 fully saturated rings. The molecule has 2 rings (SSSR count). The Morgan fingerprint density at radius 2 is 1.93 bits per heavy atom. The summed E-state index contributed by atoms with van der Waals surface area (Å²) in [5.74, 6) is -2.32. The van der Waals surface area contributed by atoms with E-state index in [4.69, 9.17) is 5.73 Å². The first kappa shape index (κ1) is 21.6. The van der Waals surface area contributed by atoms with Gasteiger partial charge in [0.2, 0.25) is 5.91 Å². The molecule has 152 valence electrons. The molecule has 0 aliphatic carbocycles. The highest BCUT2D eigenvalue weighted by molar-refractivity contribution is 6.10. The van der Waals surface area contributed by atoms with Gasteiger partial charge in [-0.25, -0.2) is 4.79 Å². The highest BCUT2D eigenvalue weighted by Gasteiger charge is 2.44. The molecule has 5 N–H and O–H groups in total. The van der Waals surface area contributed by atoms with Crippen LogP contribution >= 0.6 is 0 Å². The third-order valence-electron chi connectivity index (χ3n) is 5.00. The molecule has 0 radical (unpaired) electrons. The summed E-state index contributed by atoms with van der Waals surface area (Å²) in [6.45, 7) is 3.77. The molecule has 1 aromatic carbocycles. The number of ketones is 1. The lowest BCUT2D eigenvalue weighted by atomic mass is 9.84. The molecular weight excluding hydrogens is 358 g/mol. The van der Waals surface area contributed by atoms with Crippen molar-refractivity contribution in [2.45, 2.75) is 64.0 Å². The molecule has 7 heteroatoms. The van der Waals surface area contributed by atoms with Crippen molar-refractivity contribution in [3.05, 3.63) is 36.0 Å². The summed E-state index contributed by atoms with van der Waals surface area (Å²) in [4.78, 5) is 40.3. The number of carboxylic acids is 1. The van der Waals surface area contributed by atoms with Gasteiger partial charge in [0.15, 0.2) is 11.3 Å². The van der Waals surface area contributed by atoms with Gasteiger partial charge in [0, 0.05) is 17.1 Å². The molecule has 2 aromatic rings. The van der Waals surface area contributed by atoms with Crippen molar-refractivity contribution < 1.29 is 19.5 Å². The van der Waals surface area contributed by atoms with Gasteiger partial charge in [-0.1, -0.05) is 51.3 Å². The summed E-state index contributed by atoms with van der Waals surface area (Å²) in [7, 11) is 0. The largest absolute Gasteiger partial charge is 0.480 e. The molecule has 2 atom stereocenters. The molecule has 2 unspecified atom stereocenters. The topological polar surface area (TPSA) is 125 Å². The fraction of sp³-hybridized carbons (Fsp3) is 0.476. The number of H-pyrrole nitrogens is 1. The van der Waals surface area contributed by atoms with Crippen LogP contribution in [0.5, 0.6) is 0 Å². The number of Topliss-reactive ketones (excluding diaryl/α,β-unsaturated/α-hetero) is 1. The highest BCUT2D eigenvalue weighted by atomic mass is 16.4. The summed E-state index contributed by atoms with van der Waals surface area (Å²) in [5.41, 5.74) is 5.75. The minimum atomic E-state index is -1.98. The van der Waals surface area contributed by atoms with E-state index in [1.54, 1.807) is 6.20 Å². The highest BCUT2D eigenvalue weighted by Crippen LogP contribution is 2.20. The van der Waals surface area contributed by atoms with Gasteiger partial charge in [-0.15, -0.1) is 0 Å². The maximum Gasteiger partial charge on any atom is 0.331 e. The zero-order valence-corrected chi connectivity index (χ0v) is 16.5. The van der Waals surface area contributed by atoms with Gasteiger partial charge in [0.25, 0.3) is 0 Å². The van der Waals surface area contributed by atoms with E-state index in [2.05, 4.69) is 10.3 Å². The van der Waals surface area contributed by atoms with Crippen LogP contribution in [0.2, 0.25) is 0 Å². The number of amides is 1. The molecule has 0 spiro atoms. The first-order chi connectivity index (χ1) is 13.3. The van der Waals surface area contributed by atoms with E-state index in [0.717, 1.165) is 22.9 Å². The summed E-state index contributed by atoms with van der Waals surface area (Å²) in [6.07, 6.45) is 4.13. The number of benzene rings is 1. The maximum absolute atomic E-state index is 12.9. The minimum absolute atomic E-state index is 0.0518. The monoisotopic (exact) mass is 387 g/mol. The standard InChI is InChI=1S/C21H29N3O4/c1-3-5-11-21(22,20(27)28)19(26)17(8-4-2)24-18(25)12-14-13-23-16-10-7-6-9-15(14)16/h6-7,9-10,13,17,23H,3-5,8,11-12,22H2,1-2H3,(H,24,25)(H,27,28). The van der Waals surface area contributed by atoms with E-state index in [0.29, 0.717) is 19.3 Å². The molecule has 0 aliphatic heterocycles. The zero-order chi connectivity index (χ0) is 20.7. The number of unbranched alkanes of at least 4 members (excludes halogenated alkanes) is 1. The Hall–Kier alpha value is -2.67. The third-order valence-corrected chi connectivity index (χ3v) is 5.00. The van der Waals surface area contributed by atoms with Gasteiger partial charge >= 0.3 is 5.97 Å². The van der Waals surface area contributed by atoms with Crippen LogP contribution in [0.15, 0.2) is 30.5 Å². The van der Waals surface area contributed by atoms with E-state index < -0.39 is 23.3 Å². The van der Waals surface area contributed by atoms with Gasteiger partial charge < -0.3 is 21.1 Å². The Balaban J connectivity index is 2.15. The molecular formula is C21H29N3O4. The number of aromatic amines is 1. The average molecular weight is 387 g/mol. The number of carbonyl (C=O) groups excluding carboxylic acids is 2. The number of aromatic nitrogens is 1. The van der Waals surface area contributed by atoms with Crippen LogP contribution in [-0.2, 0) is 20.8 Å². The molecule has 1 amide bonds. The fourth-order valence-corrected chi connectivity index (χ4v) is 3.36. The van der Waals surface area contributed by atoms with Crippen LogP contribution in [0.25, 0.3) is 10.9 Å². The van der Waals surface area contributed by atoms with Gasteiger partial charge in [-0.2, -0.15) is 0 Å². The number of hydrogen-bond acceptors (Lipinski definition) is 4. The molecule has 0 bridgehead atoms. The van der Waals surface area contributed by atoms with E-state index in [9.17, 15) is 19.5 Å². The van der Waals surface area contributed by atoms with Gasteiger partial charge in [-0.3, -0.25) is 9.59 Å². The molecule has 1 heterocycles. The van der Waals surface area contributed by atoms with Crippen LogP contribution in [-0.4, -0.2) is 39.3 Å². The predicted octanol–water partition coefficient (Wildman–Crippen LogP) is 2.54. The van der Waals surface area contributed by atoms with E-state index in [1.165, 1.54) is 0 Å². The van der Waals surface area contributed by atoms with Crippen LogP contribution in [0.4, 0.5) is 0 Å². The lowest BCUT2D eigenvalue weighted by molar-refractivity contribution is -0.150. The van der Waals surface area contributed by atoms with E-state index in [-0.39, 0.29) is 18.7 Å². The van der Waals surface area contributed by atoms with Gasteiger partial charge in [0.1, 0.15) is 0 Å². The molecule has 0 aliphatic rings. The third kappa shape index (κ3) is 4.78. The number of carbonyl (C=O) groups is 3. The Kier molecular flexibility index (Phi) is 7.34. The van der Waals surface area contributed by atoms with Crippen molar-refractivity contribution >= 4 is 28.6 Å². The van der Waals surface area contributed by atoms with Crippen molar-refractivity contribution in [2.24, 2.45) is 5.73 Å². The van der Waals surface area contributed by atoms with Gasteiger partial charge in [0.05, 0.1) is 12.5 Å². The summed E-state index contributed by atoms with van der Waals surface area (Å²) in [5, 5.41) is 13.2. The predicted molar refractivity (Wildman–Crippen MR) is 108 cm³/mol. The lowest BCUT2D eigenvalue weighted by Gasteiger charge is -2.28. The second kappa shape index (κ2) is 9.50. The average Bonchev–Trinajstić information content (AvgIpc) is 3.07. The smallest absolute Gasteiger partial charge is 0.331 e. The SMILES string of the molecule is CCCCC(N)(C(=O)O)C(=O)C(CCC)NC(=O)Cc1c[nH]c2ccccc12. The number of nitrogens with one attached hydrogen (secondary N) is 2. The molecule has 0 saturated heterocycles. The van der Waals surface area contributed by atoms with E-state index >= 15 is 0 Å². The first-order valence-electron chi connectivity index (χ1n) is 9.74. The van der Waals surface area contributed by atoms with E-state index in [1.807, 2.05) is 38.1 Å². The molecule has 7 nitrogen and oxygen atoms in total. The van der Waals surface area contributed by atoms with Crippen molar-refractivity contribution in [3.63, 3.8) is 0 Å². The summed E-state index contributed by atoms with van der Waals surface area (Å²) in [6, 6.07) is 6.72. The Morgan fingerprint density at radius 3 is 2.57 bits per heavy atom. The van der Waals surface area contributed by atoms with Crippen molar-refractivity contribution in [1.82, 2.24) is 10.3 Å². The van der Waals surface area contributed by atoms with Crippen molar-refractivity contribution in [2.75, 3.05) is 0 Å². The quantitative estimate of drug-likeness (QED) is 0.441. The van der Waals surface area contributed by atoms with Crippen LogP contribution in [0.3, 0.4) is 0 Å². The Morgan fingerprint density at radius 1 is 1.21 bits per heavy atom. The van der Waals surface area contributed by atoms with Crippen molar-refractivity contribution in [1.29, 1.82) is 0 Å². The molecule has 28 heavy (non-hydrogen) atoms. The second-order valence-electron chi connectivity index (χ2n) is 7.19. The normalized spacial score (nSPS) is 14.4. The Labute approximate surface area is 164 Å².